The molecule has 0 radical (unpaired) electrons. The van der Waals surface area contributed by atoms with Gasteiger partial charge >= 0.3 is 0 Å². The number of nitrogens with zero attached hydrogens (tertiary/aromatic N) is 2. The molecule has 1 atom stereocenters. The largest absolute Gasteiger partial charge is 0.336 e. The predicted molar refractivity (Wildman–Crippen MR) is 88.1 cm³/mol. The summed E-state index contributed by atoms with van der Waals surface area (Å²) in [4.78, 5) is 19.1. The SMILES string of the molecule is NC1C=C(C2CC2)C=C(N2CCN=Cc3ccccc32)C1=O. The van der Waals surface area contributed by atoms with Crippen LogP contribution in [0, 0.1) is 5.92 Å². The van der Waals surface area contributed by atoms with Crippen LogP contribution in [-0.2, 0) is 4.79 Å². The van der Waals surface area contributed by atoms with E-state index in [-0.39, 0.29) is 5.78 Å². The summed E-state index contributed by atoms with van der Waals surface area (Å²) in [5.74, 6) is 0.591. The van der Waals surface area contributed by atoms with Gasteiger partial charge in [-0.1, -0.05) is 24.3 Å². The maximum absolute atomic E-state index is 12.6. The predicted octanol–water partition coefficient (Wildman–Crippen LogP) is 2.06. The molecule has 112 valence electrons. The summed E-state index contributed by atoms with van der Waals surface area (Å²) in [6.45, 7) is 1.38. The van der Waals surface area contributed by atoms with Crippen molar-refractivity contribution < 1.29 is 4.79 Å². The molecule has 4 nitrogen and oxygen atoms in total. The summed E-state index contributed by atoms with van der Waals surface area (Å²) < 4.78 is 0. The van der Waals surface area contributed by atoms with Crippen molar-refractivity contribution >= 4 is 17.7 Å². The molecule has 2 N–H and O–H groups in total. The average Bonchev–Trinajstić information content (AvgIpc) is 3.36. The normalized spacial score (nSPS) is 24.5. The zero-order valence-corrected chi connectivity index (χ0v) is 12.4. The Balaban J connectivity index is 1.77. The van der Waals surface area contributed by atoms with E-state index >= 15 is 0 Å². The second-order valence-electron chi connectivity index (χ2n) is 6.11. The van der Waals surface area contributed by atoms with E-state index in [9.17, 15) is 4.79 Å². The molecule has 0 amide bonds. The van der Waals surface area contributed by atoms with E-state index in [4.69, 9.17) is 5.73 Å². The second kappa shape index (κ2) is 5.21. The number of Topliss-reactive ketones (excluding diaryl/α,β-unsaturated/α-hetero) is 1. The molecule has 0 aromatic heterocycles. The molecule has 4 rings (SSSR count). The highest BCUT2D eigenvalue weighted by molar-refractivity contribution is 6.06. The maximum atomic E-state index is 12.6. The number of carbonyl (C=O) groups excluding carboxylic acids is 1. The van der Waals surface area contributed by atoms with Gasteiger partial charge in [0.1, 0.15) is 0 Å². The third-order valence-electron chi connectivity index (χ3n) is 4.48. The molecule has 3 aliphatic rings. The number of nitrogens with two attached hydrogens (primary N) is 1. The fraction of sp³-hybridized carbons (Fsp3) is 0.333. The topological polar surface area (TPSA) is 58.7 Å². The van der Waals surface area contributed by atoms with Crippen molar-refractivity contribution in [2.24, 2.45) is 16.6 Å². The first-order valence-corrected chi connectivity index (χ1v) is 7.83. The average molecular weight is 293 g/mol. The highest BCUT2D eigenvalue weighted by Crippen LogP contribution is 2.40. The number of hydrogen-bond donors (Lipinski definition) is 1. The van der Waals surface area contributed by atoms with E-state index in [2.05, 4.69) is 9.89 Å². The summed E-state index contributed by atoms with van der Waals surface area (Å²) in [5, 5.41) is 0. The summed E-state index contributed by atoms with van der Waals surface area (Å²) in [6.07, 6.45) is 8.28. The Hall–Kier alpha value is -2.20. The van der Waals surface area contributed by atoms with Crippen molar-refractivity contribution in [3.8, 4) is 0 Å². The Bertz CT molecular complexity index is 713. The molecule has 1 fully saturated rings. The van der Waals surface area contributed by atoms with Crippen LogP contribution >= 0.6 is 0 Å². The fourth-order valence-electron chi connectivity index (χ4n) is 3.15. The van der Waals surface area contributed by atoms with Crippen molar-refractivity contribution in [3.63, 3.8) is 0 Å². The summed E-state index contributed by atoms with van der Waals surface area (Å²) in [5.41, 5.74) is 10.1. The van der Waals surface area contributed by atoms with Crippen molar-refractivity contribution in [1.29, 1.82) is 0 Å². The van der Waals surface area contributed by atoms with Gasteiger partial charge in [0, 0.05) is 18.3 Å². The van der Waals surface area contributed by atoms with Gasteiger partial charge in [-0.3, -0.25) is 9.79 Å². The van der Waals surface area contributed by atoms with Crippen LogP contribution < -0.4 is 10.6 Å². The van der Waals surface area contributed by atoms with E-state index in [1.165, 1.54) is 18.4 Å². The van der Waals surface area contributed by atoms with Gasteiger partial charge in [-0.25, -0.2) is 0 Å². The molecule has 1 heterocycles. The zero-order valence-electron chi connectivity index (χ0n) is 12.4. The fourth-order valence-corrected chi connectivity index (χ4v) is 3.15. The lowest BCUT2D eigenvalue weighted by Gasteiger charge is -2.30. The maximum Gasteiger partial charge on any atom is 0.199 e. The molecule has 1 saturated carbocycles. The Labute approximate surface area is 130 Å². The molecule has 4 heteroatoms. The standard InChI is InChI=1S/C18H19N3O/c19-15-9-14(12-5-6-12)10-17(18(15)22)21-8-7-20-11-13-3-1-2-4-16(13)21/h1-4,9-12,15H,5-8,19H2. The van der Waals surface area contributed by atoms with Crippen LogP contribution in [0.3, 0.4) is 0 Å². The van der Waals surface area contributed by atoms with Gasteiger partial charge in [0.05, 0.1) is 24.0 Å². The van der Waals surface area contributed by atoms with Crippen LogP contribution in [0.25, 0.3) is 0 Å². The first-order chi connectivity index (χ1) is 10.7. The monoisotopic (exact) mass is 293 g/mol. The van der Waals surface area contributed by atoms with E-state index in [1.54, 1.807) is 0 Å². The number of benzene rings is 1. The molecule has 0 saturated heterocycles. The Kier molecular flexibility index (Phi) is 3.19. The van der Waals surface area contributed by atoms with Crippen molar-refractivity contribution in [2.45, 2.75) is 18.9 Å². The molecule has 1 aromatic rings. The molecule has 22 heavy (non-hydrogen) atoms. The number of carbonyl (C=O) groups is 1. The quantitative estimate of drug-likeness (QED) is 0.908. The first-order valence-electron chi connectivity index (χ1n) is 7.83. The lowest BCUT2D eigenvalue weighted by atomic mass is 9.95. The lowest BCUT2D eigenvalue weighted by Crippen LogP contribution is -2.40. The first kappa shape index (κ1) is 13.5. The number of ketones is 1. The van der Waals surface area contributed by atoms with Crippen molar-refractivity contribution in [3.05, 3.63) is 53.3 Å². The molecule has 1 unspecified atom stereocenters. The smallest absolute Gasteiger partial charge is 0.199 e. The second-order valence-corrected chi connectivity index (χ2v) is 6.11. The number of aliphatic imine (C=N–C) groups is 1. The Morgan fingerprint density at radius 3 is 2.86 bits per heavy atom. The van der Waals surface area contributed by atoms with Gasteiger partial charge in [-0.05, 0) is 36.5 Å². The van der Waals surface area contributed by atoms with E-state index in [0.717, 1.165) is 16.9 Å². The summed E-state index contributed by atoms with van der Waals surface area (Å²) in [7, 11) is 0. The molecule has 0 bridgehead atoms. The highest BCUT2D eigenvalue weighted by atomic mass is 16.1. The van der Waals surface area contributed by atoms with Crippen LogP contribution in [0.2, 0.25) is 0 Å². The van der Waals surface area contributed by atoms with Gasteiger partial charge in [-0.15, -0.1) is 0 Å². The van der Waals surface area contributed by atoms with Gasteiger partial charge in [-0.2, -0.15) is 0 Å². The van der Waals surface area contributed by atoms with Crippen LogP contribution in [-0.4, -0.2) is 31.1 Å². The minimum absolute atomic E-state index is 0.00102. The number of para-hydroxylation sites is 1. The number of benzodiazepines with no additional fused rings is 1. The number of fused-ring (bicyclic) bond motifs is 1. The van der Waals surface area contributed by atoms with E-state index in [1.807, 2.05) is 42.6 Å². The number of rotatable bonds is 2. The molecule has 1 aliphatic heterocycles. The summed E-state index contributed by atoms with van der Waals surface area (Å²) in [6, 6.07) is 7.54. The molecule has 0 spiro atoms. The van der Waals surface area contributed by atoms with Crippen molar-refractivity contribution in [1.82, 2.24) is 0 Å². The zero-order chi connectivity index (χ0) is 15.1. The van der Waals surface area contributed by atoms with Gasteiger partial charge in [0.25, 0.3) is 0 Å². The van der Waals surface area contributed by atoms with E-state index < -0.39 is 6.04 Å². The third-order valence-corrected chi connectivity index (χ3v) is 4.48. The molecular formula is C18H19N3O. The van der Waals surface area contributed by atoms with E-state index in [0.29, 0.717) is 19.0 Å². The van der Waals surface area contributed by atoms with Crippen LogP contribution in [0.1, 0.15) is 18.4 Å². The van der Waals surface area contributed by atoms with Crippen LogP contribution in [0.4, 0.5) is 5.69 Å². The van der Waals surface area contributed by atoms with Gasteiger partial charge in [0.15, 0.2) is 5.78 Å². The number of hydrogen-bond acceptors (Lipinski definition) is 4. The molecule has 2 aliphatic carbocycles. The minimum Gasteiger partial charge on any atom is -0.336 e. The molecule has 1 aromatic carbocycles. The van der Waals surface area contributed by atoms with Gasteiger partial charge < -0.3 is 10.6 Å². The molecular weight excluding hydrogens is 274 g/mol. The van der Waals surface area contributed by atoms with Gasteiger partial charge in [0.2, 0.25) is 0 Å². The van der Waals surface area contributed by atoms with Crippen LogP contribution in [0.5, 0.6) is 0 Å². The summed E-state index contributed by atoms with van der Waals surface area (Å²) >= 11 is 0. The third kappa shape index (κ3) is 2.29. The number of anilines is 1. The highest BCUT2D eigenvalue weighted by Gasteiger charge is 2.33. The van der Waals surface area contributed by atoms with Crippen molar-refractivity contribution in [2.75, 3.05) is 18.0 Å². The lowest BCUT2D eigenvalue weighted by molar-refractivity contribution is -0.116. The Morgan fingerprint density at radius 2 is 2.05 bits per heavy atom. The number of allylic oxidation sites excluding steroid dienone is 2. The van der Waals surface area contributed by atoms with Crippen LogP contribution in [0.15, 0.2) is 52.7 Å². The Morgan fingerprint density at radius 1 is 1.23 bits per heavy atom. The minimum atomic E-state index is -0.521.